The molecular formula is C14H15N3O3S. The van der Waals surface area contributed by atoms with E-state index in [1.54, 1.807) is 37.6 Å². The van der Waals surface area contributed by atoms with Crippen LogP contribution in [0.4, 0.5) is 5.69 Å². The van der Waals surface area contributed by atoms with E-state index in [1.807, 2.05) is 0 Å². The van der Waals surface area contributed by atoms with Crippen molar-refractivity contribution < 1.29 is 14.3 Å². The normalized spacial score (nSPS) is 10.4. The van der Waals surface area contributed by atoms with E-state index >= 15 is 0 Å². The lowest BCUT2D eigenvalue weighted by molar-refractivity contribution is 0.0995. The molecular weight excluding hydrogens is 290 g/mol. The molecule has 2 aromatic rings. The second-order valence-electron chi connectivity index (χ2n) is 4.36. The third-order valence-corrected chi connectivity index (χ3v) is 3.72. The largest absolute Gasteiger partial charge is 0.378 e. The lowest BCUT2D eigenvalue weighted by Crippen LogP contribution is -2.17. The van der Waals surface area contributed by atoms with Crippen molar-refractivity contribution in [1.29, 1.82) is 0 Å². The number of aromatic nitrogens is 1. The molecule has 1 aromatic heterocycles. The molecule has 0 bridgehead atoms. The molecule has 6 nitrogen and oxygen atoms in total. The summed E-state index contributed by atoms with van der Waals surface area (Å²) in [5.74, 6) is -0.863. The van der Waals surface area contributed by atoms with Gasteiger partial charge in [-0.3, -0.25) is 9.59 Å². The van der Waals surface area contributed by atoms with Crippen LogP contribution in [0.25, 0.3) is 0 Å². The van der Waals surface area contributed by atoms with E-state index < -0.39 is 5.91 Å². The fourth-order valence-corrected chi connectivity index (χ4v) is 2.57. The zero-order valence-electron chi connectivity index (χ0n) is 11.7. The quantitative estimate of drug-likeness (QED) is 0.882. The van der Waals surface area contributed by atoms with Crippen LogP contribution < -0.4 is 11.1 Å². The Morgan fingerprint density at radius 1 is 1.43 bits per heavy atom. The standard InChI is InChI=1S/C14H15N3O3S/c1-8-9(13(15)18)4-3-5-10(8)17-14(19)11-7-21-12(16-11)6-20-2/h3-5,7H,6H2,1-2H3,(H2,15,18)(H,17,19). The van der Waals surface area contributed by atoms with Crippen molar-refractivity contribution in [3.05, 3.63) is 45.4 Å². The number of hydrogen-bond acceptors (Lipinski definition) is 5. The molecule has 1 heterocycles. The Hall–Kier alpha value is -2.25. The Morgan fingerprint density at radius 3 is 2.86 bits per heavy atom. The molecule has 2 rings (SSSR count). The number of primary amides is 1. The minimum Gasteiger partial charge on any atom is -0.378 e. The van der Waals surface area contributed by atoms with Crippen LogP contribution in [0.15, 0.2) is 23.6 Å². The maximum Gasteiger partial charge on any atom is 0.275 e. The summed E-state index contributed by atoms with van der Waals surface area (Å²) in [6.45, 7) is 2.10. The molecule has 0 fully saturated rings. The van der Waals surface area contributed by atoms with Gasteiger partial charge in [0.25, 0.3) is 5.91 Å². The van der Waals surface area contributed by atoms with Crippen LogP contribution in [0.2, 0.25) is 0 Å². The second-order valence-corrected chi connectivity index (χ2v) is 5.30. The summed E-state index contributed by atoms with van der Waals surface area (Å²) in [5.41, 5.74) is 7.15. The second kappa shape index (κ2) is 6.47. The minimum atomic E-state index is -0.528. The number of nitrogens with two attached hydrogens (primary N) is 1. The van der Waals surface area contributed by atoms with Crippen LogP contribution >= 0.6 is 11.3 Å². The number of carbonyl (C=O) groups excluding carboxylic acids is 2. The van der Waals surface area contributed by atoms with Gasteiger partial charge >= 0.3 is 0 Å². The molecule has 0 saturated carbocycles. The summed E-state index contributed by atoms with van der Waals surface area (Å²) >= 11 is 1.35. The predicted octanol–water partition coefficient (Wildman–Crippen LogP) is 1.95. The number of amides is 2. The fraction of sp³-hybridized carbons (Fsp3) is 0.214. The van der Waals surface area contributed by atoms with E-state index in [0.29, 0.717) is 29.1 Å². The molecule has 21 heavy (non-hydrogen) atoms. The first-order chi connectivity index (χ1) is 10.0. The third kappa shape index (κ3) is 3.45. The summed E-state index contributed by atoms with van der Waals surface area (Å²) in [6.07, 6.45) is 0. The molecule has 110 valence electrons. The molecule has 0 unspecified atom stereocenters. The van der Waals surface area contributed by atoms with Crippen LogP contribution in [-0.2, 0) is 11.3 Å². The maximum atomic E-state index is 12.1. The first-order valence-corrected chi connectivity index (χ1v) is 7.05. The molecule has 0 spiro atoms. The van der Waals surface area contributed by atoms with Crippen LogP contribution in [0.3, 0.4) is 0 Å². The molecule has 0 aliphatic rings. The first-order valence-electron chi connectivity index (χ1n) is 6.17. The van der Waals surface area contributed by atoms with E-state index in [-0.39, 0.29) is 5.91 Å². The monoisotopic (exact) mass is 305 g/mol. The van der Waals surface area contributed by atoms with E-state index in [4.69, 9.17) is 10.5 Å². The molecule has 7 heteroatoms. The van der Waals surface area contributed by atoms with E-state index in [2.05, 4.69) is 10.3 Å². The molecule has 1 aromatic carbocycles. The van der Waals surface area contributed by atoms with Gasteiger partial charge in [-0.2, -0.15) is 0 Å². The van der Waals surface area contributed by atoms with Crippen LogP contribution in [0, 0.1) is 6.92 Å². The van der Waals surface area contributed by atoms with Gasteiger partial charge in [-0.1, -0.05) is 6.07 Å². The minimum absolute atomic E-state index is 0.316. The highest BCUT2D eigenvalue weighted by Crippen LogP contribution is 2.20. The van der Waals surface area contributed by atoms with Crippen molar-refractivity contribution in [3.63, 3.8) is 0 Å². The fourth-order valence-electron chi connectivity index (χ4n) is 1.83. The topological polar surface area (TPSA) is 94.3 Å². The van der Waals surface area contributed by atoms with Gasteiger partial charge in [0, 0.05) is 23.7 Å². The van der Waals surface area contributed by atoms with Gasteiger partial charge in [0.1, 0.15) is 10.7 Å². The van der Waals surface area contributed by atoms with Crippen molar-refractivity contribution in [1.82, 2.24) is 4.98 Å². The number of hydrogen-bond donors (Lipinski definition) is 2. The van der Waals surface area contributed by atoms with Gasteiger partial charge in [0.2, 0.25) is 5.91 Å². The Bertz CT molecular complexity index is 682. The Balaban J connectivity index is 2.19. The number of nitrogens with one attached hydrogen (secondary N) is 1. The Kier molecular flexibility index (Phi) is 4.66. The maximum absolute atomic E-state index is 12.1. The van der Waals surface area contributed by atoms with E-state index in [9.17, 15) is 9.59 Å². The number of anilines is 1. The third-order valence-electron chi connectivity index (χ3n) is 2.90. The number of carbonyl (C=O) groups is 2. The number of benzene rings is 1. The van der Waals surface area contributed by atoms with Crippen molar-refractivity contribution in [2.75, 3.05) is 12.4 Å². The summed E-state index contributed by atoms with van der Waals surface area (Å²) < 4.78 is 4.97. The van der Waals surface area contributed by atoms with Crippen LogP contribution in [-0.4, -0.2) is 23.9 Å². The highest BCUT2D eigenvalue weighted by Gasteiger charge is 2.14. The highest BCUT2D eigenvalue weighted by atomic mass is 32.1. The van der Waals surface area contributed by atoms with Gasteiger partial charge in [0.15, 0.2) is 0 Å². The van der Waals surface area contributed by atoms with Gasteiger partial charge < -0.3 is 15.8 Å². The predicted molar refractivity (Wildman–Crippen MR) is 80.5 cm³/mol. The van der Waals surface area contributed by atoms with E-state index in [0.717, 1.165) is 5.01 Å². The first kappa shape index (κ1) is 15.1. The molecule has 2 amide bonds. The number of rotatable bonds is 5. The Labute approximate surface area is 125 Å². The number of ether oxygens (including phenoxy) is 1. The van der Waals surface area contributed by atoms with Crippen LogP contribution in [0.5, 0.6) is 0 Å². The molecule has 0 aliphatic carbocycles. The summed E-state index contributed by atoms with van der Waals surface area (Å²) in [5, 5.41) is 5.12. The van der Waals surface area contributed by atoms with Crippen molar-refractivity contribution in [3.8, 4) is 0 Å². The van der Waals surface area contributed by atoms with Crippen molar-refractivity contribution in [2.45, 2.75) is 13.5 Å². The zero-order valence-corrected chi connectivity index (χ0v) is 12.5. The average molecular weight is 305 g/mol. The van der Waals surface area contributed by atoms with Gasteiger partial charge in [-0.05, 0) is 24.6 Å². The number of nitrogens with zero attached hydrogens (tertiary/aromatic N) is 1. The Morgan fingerprint density at radius 2 is 2.19 bits per heavy atom. The van der Waals surface area contributed by atoms with E-state index in [1.165, 1.54) is 11.3 Å². The SMILES string of the molecule is COCc1nc(C(=O)Nc2cccc(C(N)=O)c2C)cs1. The molecule has 0 aliphatic heterocycles. The van der Waals surface area contributed by atoms with Gasteiger partial charge in [0.05, 0.1) is 6.61 Å². The summed E-state index contributed by atoms with van der Waals surface area (Å²) in [4.78, 5) is 27.6. The lowest BCUT2D eigenvalue weighted by Gasteiger charge is -2.09. The van der Waals surface area contributed by atoms with Gasteiger partial charge in [-0.15, -0.1) is 11.3 Å². The average Bonchev–Trinajstić information content (AvgIpc) is 2.90. The van der Waals surface area contributed by atoms with Crippen molar-refractivity contribution in [2.24, 2.45) is 5.73 Å². The molecule has 3 N–H and O–H groups in total. The molecule has 0 atom stereocenters. The van der Waals surface area contributed by atoms with Gasteiger partial charge in [-0.25, -0.2) is 4.98 Å². The van der Waals surface area contributed by atoms with Crippen molar-refractivity contribution >= 4 is 28.8 Å². The summed E-state index contributed by atoms with van der Waals surface area (Å²) in [6, 6.07) is 5.00. The smallest absolute Gasteiger partial charge is 0.275 e. The highest BCUT2D eigenvalue weighted by molar-refractivity contribution is 7.09. The zero-order chi connectivity index (χ0) is 15.4. The van der Waals surface area contributed by atoms with Crippen LogP contribution in [0.1, 0.15) is 31.4 Å². The lowest BCUT2D eigenvalue weighted by atomic mass is 10.1. The number of thiazole rings is 1. The summed E-state index contributed by atoms with van der Waals surface area (Å²) in [7, 11) is 1.57. The number of methoxy groups -OCH3 is 1. The molecule has 0 radical (unpaired) electrons. The molecule has 0 saturated heterocycles.